The van der Waals surface area contributed by atoms with Crippen molar-refractivity contribution in [2.24, 2.45) is 0 Å². The molecule has 1 amide bonds. The Hall–Kier alpha value is -5.57. The van der Waals surface area contributed by atoms with E-state index in [0.717, 1.165) is 16.8 Å². The Morgan fingerprint density at radius 2 is 1.45 bits per heavy atom. The Morgan fingerprint density at radius 3 is 2.09 bits per heavy atom. The van der Waals surface area contributed by atoms with Gasteiger partial charge in [-0.15, -0.1) is 0 Å². The standard InChI is InChI=1S/C35H33N3O6/c1-21-7-8-22(2)30(19-21)38-35(44-23(3)39)32(33(37-38)29-18-17-28(42-5)20-31(29)43-6)24-9-13-26(14-10-24)36-34(40)25-11-15-27(41-4)16-12-25/h7-20H,1-6H3,(H,36,40). The molecule has 44 heavy (non-hydrogen) atoms. The van der Waals surface area contributed by atoms with E-state index in [4.69, 9.17) is 24.0 Å². The Morgan fingerprint density at radius 1 is 0.773 bits per heavy atom. The predicted octanol–water partition coefficient (Wildman–Crippen LogP) is 7.03. The zero-order valence-corrected chi connectivity index (χ0v) is 25.4. The molecule has 0 spiro atoms. The van der Waals surface area contributed by atoms with Crippen LogP contribution in [0.15, 0.2) is 84.9 Å². The van der Waals surface area contributed by atoms with E-state index >= 15 is 0 Å². The molecule has 1 N–H and O–H groups in total. The normalized spacial score (nSPS) is 10.7. The maximum atomic E-state index is 12.9. The van der Waals surface area contributed by atoms with Crippen LogP contribution < -0.4 is 24.3 Å². The highest BCUT2D eigenvalue weighted by Gasteiger charge is 2.27. The van der Waals surface area contributed by atoms with E-state index < -0.39 is 5.97 Å². The molecule has 9 heteroatoms. The van der Waals surface area contributed by atoms with Crippen LogP contribution in [0.1, 0.15) is 28.4 Å². The van der Waals surface area contributed by atoms with Crippen molar-refractivity contribution in [1.29, 1.82) is 0 Å². The molecule has 224 valence electrons. The number of amides is 1. The molecule has 0 aliphatic rings. The van der Waals surface area contributed by atoms with Crippen LogP contribution >= 0.6 is 0 Å². The Bertz CT molecular complexity index is 1830. The summed E-state index contributed by atoms with van der Waals surface area (Å²) in [6.07, 6.45) is 0. The molecule has 0 atom stereocenters. The molecule has 0 saturated carbocycles. The molecule has 0 saturated heterocycles. The van der Waals surface area contributed by atoms with Crippen LogP contribution in [-0.2, 0) is 4.79 Å². The number of esters is 1. The molecule has 0 unspecified atom stereocenters. The van der Waals surface area contributed by atoms with Gasteiger partial charge in [-0.3, -0.25) is 9.59 Å². The number of methoxy groups -OCH3 is 3. The summed E-state index contributed by atoms with van der Waals surface area (Å²) >= 11 is 0. The van der Waals surface area contributed by atoms with Crippen molar-refractivity contribution in [2.75, 3.05) is 26.6 Å². The number of hydrogen-bond donors (Lipinski definition) is 1. The van der Waals surface area contributed by atoms with Gasteiger partial charge in [-0.2, -0.15) is 9.78 Å². The number of hydrogen-bond acceptors (Lipinski definition) is 7. The Labute approximate surface area is 256 Å². The van der Waals surface area contributed by atoms with Gasteiger partial charge in [-0.1, -0.05) is 24.3 Å². The summed E-state index contributed by atoms with van der Waals surface area (Å²) in [5, 5.41) is 7.93. The number of aryl methyl sites for hydroxylation is 2. The quantitative estimate of drug-likeness (QED) is 0.184. The maximum Gasteiger partial charge on any atom is 0.309 e. The van der Waals surface area contributed by atoms with E-state index in [0.29, 0.717) is 50.9 Å². The lowest BCUT2D eigenvalue weighted by Crippen LogP contribution is -2.11. The van der Waals surface area contributed by atoms with Crippen molar-refractivity contribution >= 4 is 17.6 Å². The molecule has 9 nitrogen and oxygen atoms in total. The van der Waals surface area contributed by atoms with Gasteiger partial charge in [0.1, 0.15) is 22.9 Å². The van der Waals surface area contributed by atoms with Gasteiger partial charge in [0.05, 0.1) is 32.6 Å². The molecule has 5 rings (SSSR count). The third-order valence-corrected chi connectivity index (χ3v) is 7.12. The summed E-state index contributed by atoms with van der Waals surface area (Å²) in [7, 11) is 4.74. The molecular weight excluding hydrogens is 558 g/mol. The summed E-state index contributed by atoms with van der Waals surface area (Å²) in [6, 6.07) is 25.6. The van der Waals surface area contributed by atoms with Gasteiger partial charge >= 0.3 is 5.97 Å². The van der Waals surface area contributed by atoms with Crippen molar-refractivity contribution in [3.63, 3.8) is 0 Å². The van der Waals surface area contributed by atoms with Crippen LogP contribution in [0.5, 0.6) is 23.1 Å². The largest absolute Gasteiger partial charge is 0.497 e. The highest BCUT2D eigenvalue weighted by molar-refractivity contribution is 6.04. The number of carbonyl (C=O) groups is 2. The first kappa shape index (κ1) is 29.9. The summed E-state index contributed by atoms with van der Waals surface area (Å²) in [6.45, 7) is 5.32. The molecular formula is C35H33N3O6. The van der Waals surface area contributed by atoms with Crippen molar-refractivity contribution in [2.45, 2.75) is 20.8 Å². The van der Waals surface area contributed by atoms with Gasteiger partial charge in [0.2, 0.25) is 5.88 Å². The summed E-state index contributed by atoms with van der Waals surface area (Å²) in [5.41, 5.74) is 6.34. The summed E-state index contributed by atoms with van der Waals surface area (Å²) < 4.78 is 23.9. The second-order valence-electron chi connectivity index (χ2n) is 10.2. The lowest BCUT2D eigenvalue weighted by molar-refractivity contribution is -0.132. The number of nitrogens with one attached hydrogen (secondary N) is 1. The minimum atomic E-state index is -0.491. The third-order valence-electron chi connectivity index (χ3n) is 7.12. The zero-order chi connectivity index (χ0) is 31.4. The average Bonchev–Trinajstić information content (AvgIpc) is 3.39. The number of aromatic nitrogens is 2. The van der Waals surface area contributed by atoms with E-state index in [1.54, 1.807) is 68.5 Å². The number of carbonyl (C=O) groups excluding carboxylic acids is 2. The third kappa shape index (κ3) is 6.12. The van der Waals surface area contributed by atoms with Crippen LogP contribution in [0, 0.1) is 13.8 Å². The maximum absolute atomic E-state index is 12.9. The van der Waals surface area contributed by atoms with Gasteiger partial charge in [-0.25, -0.2) is 0 Å². The number of nitrogens with zero attached hydrogens (tertiary/aromatic N) is 2. The lowest BCUT2D eigenvalue weighted by atomic mass is 10.00. The monoisotopic (exact) mass is 591 g/mol. The van der Waals surface area contributed by atoms with Gasteiger partial charge in [-0.05, 0) is 85.1 Å². The summed E-state index contributed by atoms with van der Waals surface area (Å²) in [4.78, 5) is 25.4. The topological polar surface area (TPSA) is 101 Å². The second kappa shape index (κ2) is 12.7. The molecule has 0 bridgehead atoms. The first-order valence-electron chi connectivity index (χ1n) is 13.9. The molecule has 0 aliphatic heterocycles. The van der Waals surface area contributed by atoms with Crippen LogP contribution in [0.25, 0.3) is 28.1 Å². The van der Waals surface area contributed by atoms with E-state index in [-0.39, 0.29) is 11.8 Å². The van der Waals surface area contributed by atoms with E-state index in [1.807, 2.05) is 56.3 Å². The lowest BCUT2D eigenvalue weighted by Gasteiger charge is -2.13. The van der Waals surface area contributed by atoms with Crippen LogP contribution in [-0.4, -0.2) is 43.0 Å². The number of anilines is 1. The van der Waals surface area contributed by atoms with Crippen molar-refractivity contribution in [3.8, 4) is 51.2 Å². The molecule has 5 aromatic rings. The highest BCUT2D eigenvalue weighted by atomic mass is 16.5. The molecule has 4 aromatic carbocycles. The minimum Gasteiger partial charge on any atom is -0.497 e. The highest BCUT2D eigenvalue weighted by Crippen LogP contribution is 2.45. The zero-order valence-electron chi connectivity index (χ0n) is 25.4. The number of rotatable bonds is 9. The van der Waals surface area contributed by atoms with Gasteiger partial charge in [0, 0.05) is 29.8 Å². The fourth-order valence-electron chi connectivity index (χ4n) is 4.85. The second-order valence-corrected chi connectivity index (χ2v) is 10.2. The van der Waals surface area contributed by atoms with Crippen LogP contribution in [0.4, 0.5) is 5.69 Å². The van der Waals surface area contributed by atoms with Crippen LogP contribution in [0.2, 0.25) is 0 Å². The Kier molecular flexibility index (Phi) is 8.66. The molecule has 1 heterocycles. The SMILES string of the molecule is COc1ccc(C(=O)Nc2ccc(-c3c(-c4ccc(OC)cc4OC)nn(-c4cc(C)ccc4C)c3OC(C)=O)cc2)cc1. The van der Waals surface area contributed by atoms with Crippen molar-refractivity contribution in [1.82, 2.24) is 9.78 Å². The fourth-order valence-corrected chi connectivity index (χ4v) is 4.85. The number of benzene rings is 4. The number of ether oxygens (including phenoxy) is 4. The first-order chi connectivity index (χ1) is 21.2. The molecule has 1 aromatic heterocycles. The average molecular weight is 592 g/mol. The summed E-state index contributed by atoms with van der Waals surface area (Å²) in [5.74, 6) is 1.34. The molecule has 0 fully saturated rings. The predicted molar refractivity (Wildman–Crippen MR) is 169 cm³/mol. The van der Waals surface area contributed by atoms with E-state index in [2.05, 4.69) is 5.32 Å². The van der Waals surface area contributed by atoms with E-state index in [9.17, 15) is 9.59 Å². The van der Waals surface area contributed by atoms with Crippen molar-refractivity contribution < 1.29 is 28.5 Å². The fraction of sp³-hybridized carbons (Fsp3) is 0.171. The first-order valence-corrected chi connectivity index (χ1v) is 13.9. The van der Waals surface area contributed by atoms with Crippen molar-refractivity contribution in [3.05, 3.63) is 102 Å². The molecule has 0 radical (unpaired) electrons. The Balaban J connectivity index is 1.65. The van der Waals surface area contributed by atoms with Gasteiger partial charge < -0.3 is 24.3 Å². The van der Waals surface area contributed by atoms with Gasteiger partial charge in [0.25, 0.3) is 5.91 Å². The molecule has 0 aliphatic carbocycles. The van der Waals surface area contributed by atoms with E-state index in [1.165, 1.54) is 6.92 Å². The minimum absolute atomic E-state index is 0.257. The van der Waals surface area contributed by atoms with Crippen LogP contribution in [0.3, 0.4) is 0 Å². The smallest absolute Gasteiger partial charge is 0.309 e. The van der Waals surface area contributed by atoms with Gasteiger partial charge in [0.15, 0.2) is 0 Å².